The fourth-order valence-corrected chi connectivity index (χ4v) is 4.90. The molecule has 0 spiro atoms. The van der Waals surface area contributed by atoms with Gasteiger partial charge < -0.3 is 15.0 Å². The number of carbonyl (C=O) groups excluding carboxylic acids is 1. The largest absolute Gasteiger partial charge is 0.496 e. The van der Waals surface area contributed by atoms with Crippen molar-refractivity contribution in [1.82, 2.24) is 5.32 Å². The van der Waals surface area contributed by atoms with Crippen LogP contribution in [0.5, 0.6) is 5.75 Å². The number of amides is 1. The Morgan fingerprint density at radius 1 is 1.19 bits per heavy atom. The third-order valence-corrected chi connectivity index (χ3v) is 7.21. The number of aryl methyl sites for hydroxylation is 1. The number of likely N-dealkylation sites (N-methyl/N-ethyl adjacent to an activating group) is 1. The lowest BCUT2D eigenvalue weighted by atomic mass is 9.88. The van der Waals surface area contributed by atoms with Gasteiger partial charge >= 0.3 is 0 Å². The van der Waals surface area contributed by atoms with Gasteiger partial charge in [-0.2, -0.15) is 0 Å². The zero-order valence-corrected chi connectivity index (χ0v) is 20.5. The van der Waals surface area contributed by atoms with Gasteiger partial charge in [-0.3, -0.25) is 4.79 Å². The van der Waals surface area contributed by atoms with Crippen molar-refractivity contribution in [2.75, 3.05) is 19.1 Å². The monoisotopic (exact) mass is 447 g/mol. The molecule has 1 amide bonds. The van der Waals surface area contributed by atoms with Crippen LogP contribution in [0.4, 0.5) is 11.4 Å². The first-order chi connectivity index (χ1) is 15.1. The molecule has 2 aromatic carbocycles. The van der Waals surface area contributed by atoms with Gasteiger partial charge in [-0.1, -0.05) is 18.2 Å². The summed E-state index contributed by atoms with van der Waals surface area (Å²) >= 11 is 1.35. The van der Waals surface area contributed by atoms with E-state index in [-0.39, 0.29) is 11.4 Å². The Morgan fingerprint density at radius 3 is 2.66 bits per heavy atom. The fourth-order valence-electron chi connectivity index (χ4n) is 4.07. The first-order valence-corrected chi connectivity index (χ1v) is 11.4. The van der Waals surface area contributed by atoms with Crippen LogP contribution in [-0.2, 0) is 4.79 Å². The molecule has 0 aliphatic carbocycles. The van der Waals surface area contributed by atoms with E-state index in [1.54, 1.807) is 7.11 Å². The number of nitrogens with zero attached hydrogens (tertiary/aromatic N) is 2. The van der Waals surface area contributed by atoms with Crippen molar-refractivity contribution in [3.8, 4) is 5.75 Å². The molecule has 2 aromatic rings. The summed E-state index contributed by atoms with van der Waals surface area (Å²) in [5.74, 6) is 0.589. The lowest BCUT2D eigenvalue weighted by Gasteiger charge is -2.41. The van der Waals surface area contributed by atoms with Crippen LogP contribution in [-0.4, -0.2) is 30.8 Å². The number of carbonyl (C=O) groups is 1. The van der Waals surface area contributed by atoms with Crippen LogP contribution in [0.2, 0.25) is 0 Å². The quantitative estimate of drug-likeness (QED) is 0.601. The summed E-state index contributed by atoms with van der Waals surface area (Å²) in [6.07, 6.45) is 4.16. The molecule has 0 bridgehead atoms. The molecule has 2 aliphatic rings. The maximum absolute atomic E-state index is 12.7. The average Bonchev–Trinajstić information content (AvgIpc) is 3.08. The van der Waals surface area contributed by atoms with Gasteiger partial charge in [0.05, 0.1) is 23.2 Å². The van der Waals surface area contributed by atoms with Gasteiger partial charge in [0.1, 0.15) is 5.75 Å². The molecule has 1 saturated heterocycles. The summed E-state index contributed by atoms with van der Waals surface area (Å²) in [6, 6.07) is 10.2. The van der Waals surface area contributed by atoms with Crippen molar-refractivity contribution in [2.45, 2.75) is 40.2 Å². The van der Waals surface area contributed by atoms with E-state index in [1.807, 2.05) is 25.1 Å². The number of nitrogens with one attached hydrogen (secondary N) is 1. The van der Waals surface area contributed by atoms with Crippen LogP contribution >= 0.6 is 11.8 Å². The molecule has 0 saturated carbocycles. The van der Waals surface area contributed by atoms with Crippen molar-refractivity contribution >= 4 is 45.9 Å². The lowest BCUT2D eigenvalue weighted by Crippen LogP contribution is -2.42. The predicted octanol–water partition coefficient (Wildman–Crippen LogP) is 5.84. The molecule has 1 fully saturated rings. The van der Waals surface area contributed by atoms with Gasteiger partial charge in [0.15, 0.2) is 5.17 Å². The topological polar surface area (TPSA) is 53.9 Å². The van der Waals surface area contributed by atoms with Crippen molar-refractivity contribution in [3.05, 3.63) is 63.6 Å². The minimum Gasteiger partial charge on any atom is -0.496 e. The molecule has 0 aromatic heterocycles. The SMILES string of the molecule is COc1cc2c(cc1/C=C1/SC(=Nc3cccc(C)c3C)NC1=O)C(C)=CC(C)(C)N2C. The first-order valence-electron chi connectivity index (χ1n) is 10.6. The zero-order chi connectivity index (χ0) is 23.2. The van der Waals surface area contributed by atoms with Gasteiger partial charge in [-0.25, -0.2) is 4.99 Å². The van der Waals surface area contributed by atoms with Crippen LogP contribution in [0.25, 0.3) is 11.6 Å². The summed E-state index contributed by atoms with van der Waals surface area (Å²) in [4.78, 5) is 20.2. The Balaban J connectivity index is 1.71. The smallest absolute Gasteiger partial charge is 0.264 e. The van der Waals surface area contributed by atoms with Crippen LogP contribution < -0.4 is 15.0 Å². The van der Waals surface area contributed by atoms with Gasteiger partial charge in [-0.15, -0.1) is 0 Å². The third kappa shape index (κ3) is 3.95. The third-order valence-electron chi connectivity index (χ3n) is 6.30. The Hall–Kier alpha value is -2.99. The molecule has 1 N–H and O–H groups in total. The van der Waals surface area contributed by atoms with Gasteiger partial charge in [0.25, 0.3) is 5.91 Å². The second-order valence-corrected chi connectivity index (χ2v) is 9.88. The average molecular weight is 448 g/mol. The first kappa shape index (κ1) is 22.2. The number of hydrogen-bond donors (Lipinski definition) is 1. The van der Waals surface area contributed by atoms with Crippen LogP contribution in [0, 0.1) is 13.8 Å². The number of thioether (sulfide) groups is 1. The maximum atomic E-state index is 12.7. The number of rotatable bonds is 3. The van der Waals surface area contributed by atoms with Crippen molar-refractivity contribution in [2.24, 2.45) is 4.99 Å². The Morgan fingerprint density at radius 2 is 1.94 bits per heavy atom. The molecular weight excluding hydrogens is 418 g/mol. The summed E-state index contributed by atoms with van der Waals surface area (Å²) < 4.78 is 5.70. The predicted molar refractivity (Wildman–Crippen MR) is 136 cm³/mol. The van der Waals surface area contributed by atoms with E-state index in [1.165, 1.54) is 22.9 Å². The van der Waals surface area contributed by atoms with E-state index in [0.29, 0.717) is 10.1 Å². The highest BCUT2D eigenvalue weighted by molar-refractivity contribution is 8.18. The minimum atomic E-state index is -0.149. The summed E-state index contributed by atoms with van der Waals surface area (Å²) in [5, 5.41) is 3.48. The van der Waals surface area contributed by atoms with Gasteiger partial charge in [0.2, 0.25) is 0 Å². The number of fused-ring (bicyclic) bond motifs is 1. The van der Waals surface area contributed by atoms with Crippen LogP contribution in [0.15, 0.2) is 46.3 Å². The molecule has 2 aliphatic heterocycles. The van der Waals surface area contributed by atoms with Crippen LogP contribution in [0.3, 0.4) is 0 Å². The number of aliphatic imine (C=N–C) groups is 1. The molecule has 166 valence electrons. The maximum Gasteiger partial charge on any atom is 0.264 e. The summed E-state index contributed by atoms with van der Waals surface area (Å²) in [7, 11) is 3.76. The van der Waals surface area contributed by atoms with E-state index in [9.17, 15) is 4.79 Å². The van der Waals surface area contributed by atoms with Gasteiger partial charge in [-0.05, 0) is 81.3 Å². The van der Waals surface area contributed by atoms with E-state index in [4.69, 9.17) is 4.74 Å². The molecule has 0 radical (unpaired) electrons. The molecule has 6 heteroatoms. The van der Waals surface area contributed by atoms with Crippen molar-refractivity contribution in [3.63, 3.8) is 0 Å². The number of hydrogen-bond acceptors (Lipinski definition) is 5. The molecule has 5 nitrogen and oxygen atoms in total. The number of amidine groups is 1. The summed E-state index contributed by atoms with van der Waals surface area (Å²) in [6.45, 7) is 10.6. The normalized spacial score (nSPS) is 19.8. The van der Waals surface area contributed by atoms with Gasteiger partial charge in [0, 0.05) is 29.9 Å². The number of methoxy groups -OCH3 is 1. The van der Waals surface area contributed by atoms with E-state index in [0.717, 1.165) is 33.8 Å². The van der Waals surface area contributed by atoms with E-state index >= 15 is 0 Å². The molecule has 4 rings (SSSR count). The molecule has 32 heavy (non-hydrogen) atoms. The van der Waals surface area contributed by atoms with Crippen molar-refractivity contribution < 1.29 is 9.53 Å². The fraction of sp³-hybridized carbons (Fsp3) is 0.308. The standard InChI is InChI=1S/C26H29N3O2S/c1-15-9-8-10-20(17(15)3)27-25-28-24(30)23(32-25)12-18-11-19-16(2)14-26(4,5)29(6)21(19)13-22(18)31-7/h8-14H,1-7H3,(H,27,28,30)/b23-12+. The Bertz CT molecular complexity index is 1210. The van der Waals surface area contributed by atoms with Crippen LogP contribution in [0.1, 0.15) is 43.0 Å². The Labute approximate surface area is 194 Å². The lowest BCUT2D eigenvalue weighted by molar-refractivity contribution is -0.115. The molecule has 2 heterocycles. The number of ether oxygens (including phenoxy) is 1. The molecular formula is C26H29N3O2S. The van der Waals surface area contributed by atoms with Crippen molar-refractivity contribution in [1.29, 1.82) is 0 Å². The number of benzene rings is 2. The Kier molecular flexibility index (Phi) is 5.67. The molecule has 0 atom stereocenters. The van der Waals surface area contributed by atoms with E-state index in [2.05, 4.69) is 74.2 Å². The zero-order valence-electron chi connectivity index (χ0n) is 19.7. The van der Waals surface area contributed by atoms with E-state index < -0.39 is 0 Å². The number of anilines is 1. The summed E-state index contributed by atoms with van der Waals surface area (Å²) in [5.41, 5.74) is 7.42. The highest BCUT2D eigenvalue weighted by Crippen LogP contribution is 2.42. The molecule has 0 unspecified atom stereocenters. The highest BCUT2D eigenvalue weighted by atomic mass is 32.2. The second kappa shape index (κ2) is 8.17. The number of allylic oxidation sites excluding steroid dienone is 1. The second-order valence-electron chi connectivity index (χ2n) is 8.85. The minimum absolute atomic E-state index is 0.0808. The highest BCUT2D eigenvalue weighted by Gasteiger charge is 2.30.